The van der Waals surface area contributed by atoms with Crippen molar-refractivity contribution in [2.24, 2.45) is 0 Å². The Morgan fingerprint density at radius 3 is 2.70 bits per heavy atom. The highest BCUT2D eigenvalue weighted by Crippen LogP contribution is 2.23. The minimum atomic E-state index is -0.262. The molecule has 1 N–H and O–H groups in total. The zero-order valence-electron chi connectivity index (χ0n) is 12.2. The molecule has 0 radical (unpaired) electrons. The molecule has 116 valence electrons. The van der Waals surface area contributed by atoms with Gasteiger partial charge in [0.05, 0.1) is 0 Å². The summed E-state index contributed by atoms with van der Waals surface area (Å²) in [6, 6.07) is 14.6. The number of hydrogen-bond donors (Lipinski definition) is 1. The first-order valence-electron chi connectivity index (χ1n) is 7.13. The maximum absolute atomic E-state index is 14.3. The summed E-state index contributed by atoms with van der Waals surface area (Å²) in [5, 5.41) is 5.89. The molecule has 0 atom stereocenters. The van der Waals surface area contributed by atoms with Crippen LogP contribution in [0, 0.1) is 5.82 Å². The second-order valence-electron chi connectivity index (χ2n) is 4.95. The lowest BCUT2D eigenvalue weighted by Crippen LogP contribution is -1.97. The molecule has 6 heteroatoms. The molecule has 3 aromatic rings. The minimum absolute atomic E-state index is 0.126. The molecule has 0 saturated carbocycles. The third kappa shape index (κ3) is 3.60. The largest absolute Gasteiger partial charge is 0.337 e. The van der Waals surface area contributed by atoms with Crippen LogP contribution in [0.4, 0.5) is 10.3 Å². The van der Waals surface area contributed by atoms with Crippen LogP contribution in [-0.2, 0) is 17.6 Å². The van der Waals surface area contributed by atoms with E-state index in [-0.39, 0.29) is 11.8 Å². The Balaban J connectivity index is 1.69. The number of halogens is 1. The Labute approximate surface area is 132 Å². The van der Waals surface area contributed by atoms with Crippen LogP contribution < -0.4 is 5.32 Å². The van der Waals surface area contributed by atoms with E-state index in [0.717, 1.165) is 11.1 Å². The zero-order chi connectivity index (χ0) is 16.1. The van der Waals surface area contributed by atoms with Gasteiger partial charge < -0.3 is 4.52 Å². The second kappa shape index (κ2) is 6.83. The smallest absolute Gasteiger partial charge is 0.269 e. The standard InChI is InChI=1S/C17H14FN3O2/c18-15-10-12(6-8-14(15)13-4-2-1-3-5-13)7-9-16-20-17(19-11-22)21-23-16/h1-6,8,10-11H,7,9H2,(H,19,21,22). The number of nitrogens with one attached hydrogen (secondary N) is 1. The average molecular weight is 311 g/mol. The second-order valence-corrected chi connectivity index (χ2v) is 4.95. The molecule has 3 rings (SSSR count). The van der Waals surface area contributed by atoms with Crippen LogP contribution in [0.3, 0.4) is 0 Å². The summed E-state index contributed by atoms with van der Waals surface area (Å²) in [5.41, 5.74) is 2.26. The number of carbonyl (C=O) groups is 1. The summed E-state index contributed by atoms with van der Waals surface area (Å²) in [4.78, 5) is 14.3. The van der Waals surface area contributed by atoms with Crippen molar-refractivity contribution in [2.45, 2.75) is 12.8 Å². The van der Waals surface area contributed by atoms with E-state index in [9.17, 15) is 9.18 Å². The summed E-state index contributed by atoms with van der Waals surface area (Å²) < 4.78 is 19.3. The topological polar surface area (TPSA) is 68.0 Å². The van der Waals surface area contributed by atoms with Crippen molar-refractivity contribution in [3.05, 3.63) is 65.8 Å². The molecule has 23 heavy (non-hydrogen) atoms. The molecule has 1 amide bonds. The highest BCUT2D eigenvalue weighted by atomic mass is 19.1. The fourth-order valence-corrected chi connectivity index (χ4v) is 2.28. The first kappa shape index (κ1) is 14.9. The number of anilines is 1. The van der Waals surface area contributed by atoms with Crippen LogP contribution in [0.25, 0.3) is 11.1 Å². The van der Waals surface area contributed by atoms with Crippen molar-refractivity contribution in [3.63, 3.8) is 0 Å². The van der Waals surface area contributed by atoms with Crippen LogP contribution in [0.15, 0.2) is 53.1 Å². The summed E-state index contributed by atoms with van der Waals surface area (Å²) in [6.45, 7) is 0. The van der Waals surface area contributed by atoms with Gasteiger partial charge in [-0.3, -0.25) is 10.1 Å². The highest BCUT2D eigenvalue weighted by molar-refractivity contribution is 5.66. The SMILES string of the molecule is O=CNc1noc(CCc2ccc(-c3ccccc3)c(F)c2)n1. The van der Waals surface area contributed by atoms with Gasteiger partial charge in [-0.25, -0.2) is 4.39 Å². The Morgan fingerprint density at radius 1 is 1.13 bits per heavy atom. The molecule has 5 nitrogen and oxygen atoms in total. The Bertz CT molecular complexity index is 803. The molecular weight excluding hydrogens is 297 g/mol. The maximum Gasteiger partial charge on any atom is 0.269 e. The Kier molecular flexibility index (Phi) is 4.42. The molecule has 0 aliphatic carbocycles. The number of aromatic nitrogens is 2. The summed E-state index contributed by atoms with van der Waals surface area (Å²) in [7, 11) is 0. The van der Waals surface area contributed by atoms with Gasteiger partial charge in [0, 0.05) is 12.0 Å². The van der Waals surface area contributed by atoms with Crippen molar-refractivity contribution >= 4 is 12.4 Å². The number of nitrogens with zero attached hydrogens (tertiary/aromatic N) is 2. The van der Waals surface area contributed by atoms with Gasteiger partial charge in [0.15, 0.2) is 0 Å². The van der Waals surface area contributed by atoms with E-state index < -0.39 is 0 Å². The fourth-order valence-electron chi connectivity index (χ4n) is 2.28. The van der Waals surface area contributed by atoms with Crippen molar-refractivity contribution < 1.29 is 13.7 Å². The molecular formula is C17H14FN3O2. The number of carbonyl (C=O) groups excluding carboxylic acids is 1. The van der Waals surface area contributed by atoms with E-state index in [1.807, 2.05) is 36.4 Å². The summed E-state index contributed by atoms with van der Waals surface area (Å²) in [6.07, 6.45) is 1.51. The van der Waals surface area contributed by atoms with Gasteiger partial charge in [-0.05, 0) is 28.8 Å². The number of rotatable bonds is 6. The normalized spacial score (nSPS) is 10.5. The van der Waals surface area contributed by atoms with Crippen LogP contribution in [0.5, 0.6) is 0 Å². The highest BCUT2D eigenvalue weighted by Gasteiger charge is 2.09. The first-order chi connectivity index (χ1) is 11.3. The van der Waals surface area contributed by atoms with Crippen LogP contribution >= 0.6 is 0 Å². The van der Waals surface area contributed by atoms with Crippen molar-refractivity contribution in [1.29, 1.82) is 0 Å². The summed E-state index contributed by atoms with van der Waals surface area (Å²) >= 11 is 0. The third-order valence-corrected chi connectivity index (χ3v) is 3.40. The zero-order valence-corrected chi connectivity index (χ0v) is 12.2. The molecule has 0 spiro atoms. The van der Waals surface area contributed by atoms with Gasteiger partial charge in [-0.15, -0.1) is 0 Å². The van der Waals surface area contributed by atoms with Crippen LogP contribution in [0.1, 0.15) is 11.5 Å². The van der Waals surface area contributed by atoms with E-state index in [0.29, 0.717) is 30.7 Å². The van der Waals surface area contributed by atoms with Gasteiger partial charge >= 0.3 is 0 Å². The van der Waals surface area contributed by atoms with E-state index in [1.54, 1.807) is 6.07 Å². The van der Waals surface area contributed by atoms with Gasteiger partial charge in [0.1, 0.15) is 5.82 Å². The first-order valence-corrected chi connectivity index (χ1v) is 7.13. The quantitative estimate of drug-likeness (QED) is 0.710. The fraction of sp³-hybridized carbons (Fsp3) is 0.118. The van der Waals surface area contributed by atoms with E-state index >= 15 is 0 Å². The van der Waals surface area contributed by atoms with E-state index in [1.165, 1.54) is 6.07 Å². The lowest BCUT2D eigenvalue weighted by Gasteiger charge is -2.06. The molecule has 0 unspecified atom stereocenters. The van der Waals surface area contributed by atoms with Crippen LogP contribution in [-0.4, -0.2) is 16.6 Å². The van der Waals surface area contributed by atoms with Crippen molar-refractivity contribution in [3.8, 4) is 11.1 Å². The Morgan fingerprint density at radius 2 is 1.96 bits per heavy atom. The molecule has 0 aliphatic rings. The predicted octanol–water partition coefficient (Wildman–Crippen LogP) is 3.23. The third-order valence-electron chi connectivity index (χ3n) is 3.40. The van der Waals surface area contributed by atoms with Gasteiger partial charge in [0.25, 0.3) is 5.95 Å². The molecule has 0 fully saturated rings. The van der Waals surface area contributed by atoms with Crippen molar-refractivity contribution in [2.75, 3.05) is 5.32 Å². The van der Waals surface area contributed by atoms with E-state index in [2.05, 4.69) is 15.5 Å². The van der Waals surface area contributed by atoms with Gasteiger partial charge in [-0.1, -0.05) is 42.5 Å². The number of aryl methyl sites for hydroxylation is 2. The van der Waals surface area contributed by atoms with Crippen molar-refractivity contribution in [1.82, 2.24) is 10.1 Å². The van der Waals surface area contributed by atoms with Gasteiger partial charge in [-0.2, -0.15) is 4.98 Å². The average Bonchev–Trinajstić information content (AvgIpc) is 3.02. The van der Waals surface area contributed by atoms with Gasteiger partial charge in [0.2, 0.25) is 12.3 Å². The molecule has 1 aromatic heterocycles. The minimum Gasteiger partial charge on any atom is -0.337 e. The molecule has 0 bridgehead atoms. The maximum atomic E-state index is 14.3. The monoisotopic (exact) mass is 311 g/mol. The molecule has 0 aliphatic heterocycles. The lowest BCUT2D eigenvalue weighted by atomic mass is 10.0. The number of hydrogen-bond acceptors (Lipinski definition) is 4. The molecule has 1 heterocycles. The summed E-state index contributed by atoms with van der Waals surface area (Å²) in [5.74, 6) is 0.255. The molecule has 2 aromatic carbocycles. The number of benzene rings is 2. The number of amides is 1. The molecule has 0 saturated heterocycles. The Hall–Kier alpha value is -3.02. The lowest BCUT2D eigenvalue weighted by molar-refractivity contribution is -0.105. The van der Waals surface area contributed by atoms with E-state index in [4.69, 9.17) is 4.52 Å². The van der Waals surface area contributed by atoms with Crippen LogP contribution in [0.2, 0.25) is 0 Å². The predicted molar refractivity (Wildman–Crippen MR) is 83.2 cm³/mol.